The molecule has 0 aliphatic rings. The molecule has 7 heteroatoms. The number of hydrogen-bond donors (Lipinski definition) is 0. The summed E-state index contributed by atoms with van der Waals surface area (Å²) in [6.07, 6.45) is 3.71. The molecule has 1 aromatic carbocycles. The van der Waals surface area contributed by atoms with Gasteiger partial charge in [0.2, 0.25) is 5.89 Å². The quantitative estimate of drug-likeness (QED) is 0.655. The van der Waals surface area contributed by atoms with Crippen LogP contribution in [0.4, 0.5) is 0 Å². The standard InChI is InChI=1S/C17H20N4O2S/c1-17(2,3)15-19-14(20-23-15)11-24-16-18-9-10-21(16)12-5-7-13(22-4)8-6-12/h5-10H,11H2,1-4H3. The van der Waals surface area contributed by atoms with E-state index >= 15 is 0 Å². The molecule has 0 spiro atoms. The van der Waals surface area contributed by atoms with Gasteiger partial charge >= 0.3 is 0 Å². The molecule has 0 atom stereocenters. The van der Waals surface area contributed by atoms with Gasteiger partial charge < -0.3 is 9.26 Å². The third kappa shape index (κ3) is 3.62. The highest BCUT2D eigenvalue weighted by atomic mass is 32.2. The first-order valence-electron chi connectivity index (χ1n) is 7.61. The minimum absolute atomic E-state index is 0.141. The number of nitrogens with zero attached hydrogens (tertiary/aromatic N) is 4. The molecule has 0 unspecified atom stereocenters. The van der Waals surface area contributed by atoms with Crippen molar-refractivity contribution in [3.8, 4) is 11.4 Å². The first-order valence-corrected chi connectivity index (χ1v) is 8.59. The predicted molar refractivity (Wildman–Crippen MR) is 92.7 cm³/mol. The summed E-state index contributed by atoms with van der Waals surface area (Å²) >= 11 is 1.57. The number of methoxy groups -OCH3 is 1. The average Bonchev–Trinajstić information content (AvgIpc) is 3.21. The number of hydrogen-bond acceptors (Lipinski definition) is 6. The highest BCUT2D eigenvalue weighted by molar-refractivity contribution is 7.98. The Labute approximate surface area is 145 Å². The van der Waals surface area contributed by atoms with Gasteiger partial charge in [-0.25, -0.2) is 4.98 Å². The van der Waals surface area contributed by atoms with Crippen LogP contribution >= 0.6 is 11.8 Å². The van der Waals surface area contributed by atoms with Crippen molar-refractivity contribution in [2.45, 2.75) is 37.1 Å². The molecule has 24 heavy (non-hydrogen) atoms. The van der Waals surface area contributed by atoms with E-state index in [0.29, 0.717) is 17.5 Å². The Morgan fingerprint density at radius 1 is 1.21 bits per heavy atom. The van der Waals surface area contributed by atoms with Crippen molar-refractivity contribution in [3.05, 3.63) is 48.4 Å². The average molecular weight is 344 g/mol. The van der Waals surface area contributed by atoms with Crippen LogP contribution in [0.5, 0.6) is 5.75 Å². The topological polar surface area (TPSA) is 66.0 Å². The lowest BCUT2D eigenvalue weighted by Crippen LogP contribution is -2.11. The van der Waals surface area contributed by atoms with Crippen LogP contribution in [0.25, 0.3) is 5.69 Å². The van der Waals surface area contributed by atoms with Crippen LogP contribution in [0.15, 0.2) is 46.3 Å². The summed E-state index contributed by atoms with van der Waals surface area (Å²) in [6, 6.07) is 7.85. The van der Waals surface area contributed by atoms with Crippen molar-refractivity contribution < 1.29 is 9.26 Å². The molecule has 3 rings (SSSR count). The summed E-state index contributed by atoms with van der Waals surface area (Å²) in [5, 5.41) is 4.92. The number of thioether (sulfide) groups is 1. The fraction of sp³-hybridized carbons (Fsp3) is 0.353. The van der Waals surface area contributed by atoms with Gasteiger partial charge in [-0.05, 0) is 24.3 Å². The van der Waals surface area contributed by atoms with E-state index in [2.05, 4.69) is 15.1 Å². The van der Waals surface area contributed by atoms with E-state index in [0.717, 1.165) is 16.6 Å². The third-order valence-electron chi connectivity index (χ3n) is 3.40. The van der Waals surface area contributed by atoms with Crippen LogP contribution in [-0.4, -0.2) is 26.8 Å². The molecule has 0 radical (unpaired) electrons. The lowest BCUT2D eigenvalue weighted by atomic mass is 9.97. The Morgan fingerprint density at radius 3 is 2.58 bits per heavy atom. The van der Waals surface area contributed by atoms with Crippen molar-refractivity contribution >= 4 is 11.8 Å². The lowest BCUT2D eigenvalue weighted by molar-refractivity contribution is 0.319. The SMILES string of the molecule is COc1ccc(-n2ccnc2SCc2noc(C(C)(C)C)n2)cc1. The number of rotatable bonds is 5. The zero-order valence-electron chi connectivity index (χ0n) is 14.2. The Morgan fingerprint density at radius 2 is 1.96 bits per heavy atom. The van der Waals surface area contributed by atoms with Gasteiger partial charge in [-0.1, -0.05) is 37.7 Å². The fourth-order valence-corrected chi connectivity index (χ4v) is 2.90. The van der Waals surface area contributed by atoms with E-state index in [-0.39, 0.29) is 5.41 Å². The highest BCUT2D eigenvalue weighted by Gasteiger charge is 2.21. The molecule has 2 aromatic heterocycles. The van der Waals surface area contributed by atoms with E-state index in [1.54, 1.807) is 25.1 Å². The fourth-order valence-electron chi connectivity index (χ4n) is 2.08. The van der Waals surface area contributed by atoms with Gasteiger partial charge in [-0.3, -0.25) is 4.57 Å². The predicted octanol–water partition coefficient (Wildman–Crippen LogP) is 3.85. The van der Waals surface area contributed by atoms with Crippen molar-refractivity contribution in [2.75, 3.05) is 7.11 Å². The molecule has 0 aliphatic carbocycles. The molecular weight excluding hydrogens is 324 g/mol. The minimum atomic E-state index is -0.141. The van der Waals surface area contributed by atoms with Crippen LogP contribution in [-0.2, 0) is 11.2 Å². The van der Waals surface area contributed by atoms with Gasteiger partial charge in [-0.15, -0.1) is 0 Å². The van der Waals surface area contributed by atoms with Gasteiger partial charge in [-0.2, -0.15) is 4.98 Å². The summed E-state index contributed by atoms with van der Waals surface area (Å²) in [7, 11) is 1.66. The van der Waals surface area contributed by atoms with Gasteiger partial charge in [0.25, 0.3) is 0 Å². The third-order valence-corrected chi connectivity index (χ3v) is 4.36. The van der Waals surface area contributed by atoms with E-state index in [9.17, 15) is 0 Å². The number of aromatic nitrogens is 4. The molecule has 6 nitrogen and oxygen atoms in total. The second kappa shape index (κ2) is 6.68. The van der Waals surface area contributed by atoms with E-state index in [4.69, 9.17) is 9.26 Å². The zero-order chi connectivity index (χ0) is 17.2. The summed E-state index contributed by atoms with van der Waals surface area (Å²) in [5.41, 5.74) is 0.886. The molecule has 2 heterocycles. The molecule has 0 N–H and O–H groups in total. The molecule has 0 amide bonds. The van der Waals surface area contributed by atoms with Crippen LogP contribution in [0.3, 0.4) is 0 Å². The van der Waals surface area contributed by atoms with Crippen LogP contribution < -0.4 is 4.74 Å². The Hall–Kier alpha value is -2.28. The van der Waals surface area contributed by atoms with Gasteiger partial charge in [0.15, 0.2) is 11.0 Å². The van der Waals surface area contributed by atoms with E-state index in [1.165, 1.54) is 0 Å². The maximum absolute atomic E-state index is 5.32. The summed E-state index contributed by atoms with van der Waals surface area (Å²) < 4.78 is 12.5. The summed E-state index contributed by atoms with van der Waals surface area (Å²) in [5.74, 6) is 2.76. The first-order chi connectivity index (χ1) is 11.5. The molecule has 0 bridgehead atoms. The molecule has 0 fully saturated rings. The van der Waals surface area contributed by atoms with Crippen molar-refractivity contribution in [2.24, 2.45) is 0 Å². The maximum Gasteiger partial charge on any atom is 0.232 e. The van der Waals surface area contributed by atoms with E-state index < -0.39 is 0 Å². The molecule has 0 saturated heterocycles. The minimum Gasteiger partial charge on any atom is -0.497 e. The molecule has 0 aliphatic heterocycles. The van der Waals surface area contributed by atoms with Crippen molar-refractivity contribution in [1.29, 1.82) is 0 Å². The number of benzene rings is 1. The Kier molecular flexibility index (Phi) is 4.62. The van der Waals surface area contributed by atoms with Crippen LogP contribution in [0, 0.1) is 0 Å². The second-order valence-electron chi connectivity index (χ2n) is 6.33. The molecule has 0 saturated carbocycles. The number of ether oxygens (including phenoxy) is 1. The summed E-state index contributed by atoms with van der Waals surface area (Å²) in [4.78, 5) is 8.87. The molecule has 3 aromatic rings. The first kappa shape index (κ1) is 16.6. The number of imidazole rings is 1. The lowest BCUT2D eigenvalue weighted by Gasteiger charge is -2.10. The van der Waals surface area contributed by atoms with Crippen LogP contribution in [0.1, 0.15) is 32.5 Å². The Bertz CT molecular complexity index is 803. The van der Waals surface area contributed by atoms with Gasteiger partial charge in [0, 0.05) is 23.5 Å². The highest BCUT2D eigenvalue weighted by Crippen LogP contribution is 2.26. The second-order valence-corrected chi connectivity index (χ2v) is 7.27. The van der Waals surface area contributed by atoms with Gasteiger partial charge in [0.05, 0.1) is 12.9 Å². The van der Waals surface area contributed by atoms with Crippen molar-refractivity contribution in [1.82, 2.24) is 19.7 Å². The molecule has 126 valence electrons. The zero-order valence-corrected chi connectivity index (χ0v) is 15.0. The molecular formula is C17H20N4O2S. The van der Waals surface area contributed by atoms with Gasteiger partial charge in [0.1, 0.15) is 5.75 Å². The normalized spacial score (nSPS) is 11.7. The monoisotopic (exact) mass is 344 g/mol. The summed E-state index contributed by atoms with van der Waals surface area (Å²) in [6.45, 7) is 6.15. The van der Waals surface area contributed by atoms with E-state index in [1.807, 2.05) is 55.8 Å². The Balaban J connectivity index is 1.72. The van der Waals surface area contributed by atoms with Crippen molar-refractivity contribution in [3.63, 3.8) is 0 Å². The van der Waals surface area contributed by atoms with Crippen LogP contribution in [0.2, 0.25) is 0 Å². The maximum atomic E-state index is 5.32. The largest absolute Gasteiger partial charge is 0.497 e. The smallest absolute Gasteiger partial charge is 0.232 e.